The van der Waals surface area contributed by atoms with Crippen molar-refractivity contribution in [2.24, 2.45) is 0 Å². The Bertz CT molecular complexity index is 1190. The first-order valence-corrected chi connectivity index (χ1v) is 10.8. The smallest absolute Gasteiger partial charge is 0.416 e. The summed E-state index contributed by atoms with van der Waals surface area (Å²) in [5.74, 6) is 0.403. The molecule has 176 valence electrons. The number of alkyl halides is 3. The van der Waals surface area contributed by atoms with E-state index in [1.165, 1.54) is 34.4 Å². The van der Waals surface area contributed by atoms with E-state index in [1.54, 1.807) is 24.3 Å². The summed E-state index contributed by atoms with van der Waals surface area (Å²) >= 11 is 0. The van der Waals surface area contributed by atoms with Crippen LogP contribution in [-0.2, 0) is 22.2 Å². The molecule has 0 radical (unpaired) electrons. The van der Waals surface area contributed by atoms with Crippen LogP contribution in [0.5, 0.6) is 11.5 Å². The van der Waals surface area contributed by atoms with Gasteiger partial charge in [-0.2, -0.15) is 13.2 Å². The minimum Gasteiger partial charge on any atom is -0.457 e. The van der Waals surface area contributed by atoms with Crippen molar-refractivity contribution in [3.8, 4) is 11.5 Å². The summed E-state index contributed by atoms with van der Waals surface area (Å²) in [6.07, 6.45) is -4.61. The minimum atomic E-state index is -4.54. The number of hydrogen-bond acceptors (Lipinski definition) is 3. The van der Waals surface area contributed by atoms with Crippen LogP contribution in [0.25, 0.3) is 0 Å². The van der Waals surface area contributed by atoms with Crippen molar-refractivity contribution in [2.75, 3.05) is 11.4 Å². The zero-order valence-corrected chi connectivity index (χ0v) is 18.7. The third-order valence-electron chi connectivity index (χ3n) is 5.71. The van der Waals surface area contributed by atoms with Crippen LogP contribution in [0.3, 0.4) is 0 Å². The second kappa shape index (κ2) is 9.21. The Kier molecular flexibility index (Phi) is 6.32. The van der Waals surface area contributed by atoms with Crippen LogP contribution in [-0.4, -0.2) is 23.3 Å². The van der Waals surface area contributed by atoms with Crippen molar-refractivity contribution in [3.63, 3.8) is 0 Å². The normalized spacial score (nSPS) is 16.1. The van der Waals surface area contributed by atoms with E-state index in [1.807, 2.05) is 24.3 Å². The van der Waals surface area contributed by atoms with Crippen LogP contribution >= 0.6 is 0 Å². The average Bonchev–Trinajstić information content (AvgIpc) is 3.17. The van der Waals surface area contributed by atoms with Crippen molar-refractivity contribution >= 4 is 17.5 Å². The second-order valence-electron chi connectivity index (χ2n) is 8.00. The van der Waals surface area contributed by atoms with Gasteiger partial charge in [-0.25, -0.2) is 0 Å². The molecule has 8 heteroatoms. The van der Waals surface area contributed by atoms with Gasteiger partial charge in [-0.05, 0) is 66.1 Å². The molecule has 1 atom stereocenters. The van der Waals surface area contributed by atoms with Gasteiger partial charge in [0.15, 0.2) is 0 Å². The highest BCUT2D eigenvalue weighted by atomic mass is 19.4. The molecule has 0 spiro atoms. The number of amides is 2. The molecule has 0 bridgehead atoms. The number of aryl methyl sites for hydroxylation is 1. The zero-order chi connectivity index (χ0) is 24.5. The third-order valence-corrected chi connectivity index (χ3v) is 5.71. The Morgan fingerprint density at radius 2 is 1.62 bits per heavy atom. The number of hydrogen-bond donors (Lipinski definition) is 0. The first-order chi connectivity index (χ1) is 16.2. The number of halogens is 3. The molecule has 1 aliphatic rings. The zero-order valence-electron chi connectivity index (χ0n) is 18.7. The molecule has 3 aromatic rings. The summed E-state index contributed by atoms with van der Waals surface area (Å²) in [4.78, 5) is 27.7. The molecule has 0 N–H and O–H groups in total. The number of nitrogens with zero attached hydrogens (tertiary/aromatic N) is 2. The number of anilines is 1. The highest BCUT2D eigenvalue weighted by Gasteiger charge is 2.42. The highest BCUT2D eigenvalue weighted by molar-refractivity contribution is 6.00. The first kappa shape index (κ1) is 23.4. The summed E-state index contributed by atoms with van der Waals surface area (Å²) in [5, 5.41) is 0. The summed E-state index contributed by atoms with van der Waals surface area (Å²) in [5.41, 5.74) is 0.994. The lowest BCUT2D eigenvalue weighted by molar-refractivity contribution is -0.137. The molecule has 1 fully saturated rings. The van der Waals surface area contributed by atoms with Gasteiger partial charge < -0.3 is 9.64 Å². The van der Waals surface area contributed by atoms with E-state index in [0.717, 1.165) is 18.6 Å². The molecule has 2 amide bonds. The number of carbonyl (C=O) groups excluding carboxylic acids is 2. The summed E-state index contributed by atoms with van der Waals surface area (Å²) in [6, 6.07) is 19.0. The molecule has 1 unspecified atom stereocenters. The maximum absolute atomic E-state index is 13.3. The van der Waals surface area contributed by atoms with Crippen molar-refractivity contribution < 1.29 is 27.5 Å². The minimum absolute atomic E-state index is 0.201. The van der Waals surface area contributed by atoms with Crippen LogP contribution in [0.2, 0.25) is 0 Å². The number of carbonyl (C=O) groups is 2. The van der Waals surface area contributed by atoms with E-state index in [-0.39, 0.29) is 18.0 Å². The van der Waals surface area contributed by atoms with E-state index in [9.17, 15) is 22.8 Å². The average molecular weight is 468 g/mol. The Morgan fingerprint density at radius 1 is 1.00 bits per heavy atom. The van der Waals surface area contributed by atoms with Crippen molar-refractivity contribution in [1.29, 1.82) is 0 Å². The van der Waals surface area contributed by atoms with Gasteiger partial charge in [-0.1, -0.05) is 31.2 Å². The van der Waals surface area contributed by atoms with Crippen molar-refractivity contribution in [2.45, 2.75) is 32.6 Å². The molecule has 34 heavy (non-hydrogen) atoms. The molecule has 1 saturated heterocycles. The first-order valence-electron chi connectivity index (χ1n) is 10.8. The largest absolute Gasteiger partial charge is 0.457 e. The third kappa shape index (κ3) is 4.76. The Labute approximate surface area is 195 Å². The Morgan fingerprint density at radius 3 is 2.18 bits per heavy atom. The number of benzene rings is 3. The fourth-order valence-electron chi connectivity index (χ4n) is 3.96. The Balaban J connectivity index is 1.64. The van der Waals surface area contributed by atoms with Crippen molar-refractivity contribution in [3.05, 3.63) is 89.5 Å². The Hall–Kier alpha value is -3.81. The SMILES string of the molecule is CCc1ccc(Oc2ccc(N3C(=O)CN(C(C)=O)C3c3cccc(C(F)(F)F)c3)cc2)cc1. The van der Waals surface area contributed by atoms with Crippen LogP contribution < -0.4 is 9.64 Å². The molecule has 1 aliphatic heterocycles. The highest BCUT2D eigenvalue weighted by Crippen LogP contribution is 2.38. The van der Waals surface area contributed by atoms with Gasteiger partial charge in [0.2, 0.25) is 11.8 Å². The van der Waals surface area contributed by atoms with E-state index >= 15 is 0 Å². The lowest BCUT2D eigenvalue weighted by Crippen LogP contribution is -2.34. The summed E-state index contributed by atoms with van der Waals surface area (Å²) < 4.78 is 45.7. The fourth-order valence-corrected chi connectivity index (χ4v) is 3.96. The van der Waals surface area contributed by atoms with Crippen LogP contribution in [0.1, 0.15) is 36.7 Å². The molecule has 1 heterocycles. The van der Waals surface area contributed by atoms with Gasteiger partial charge >= 0.3 is 6.18 Å². The molecule has 3 aromatic carbocycles. The van der Waals surface area contributed by atoms with Gasteiger partial charge in [0.25, 0.3) is 0 Å². The number of rotatable bonds is 5. The maximum atomic E-state index is 13.3. The van der Waals surface area contributed by atoms with Crippen LogP contribution in [0.15, 0.2) is 72.8 Å². The van der Waals surface area contributed by atoms with Gasteiger partial charge in [0.05, 0.1) is 5.56 Å². The molecular weight excluding hydrogens is 445 g/mol. The van der Waals surface area contributed by atoms with Gasteiger partial charge in [-0.3, -0.25) is 14.5 Å². The molecular formula is C26H23F3N2O3. The topological polar surface area (TPSA) is 49.9 Å². The summed E-state index contributed by atoms with van der Waals surface area (Å²) in [6.45, 7) is 3.13. The van der Waals surface area contributed by atoms with E-state index in [0.29, 0.717) is 17.2 Å². The quantitative estimate of drug-likeness (QED) is 0.465. The maximum Gasteiger partial charge on any atom is 0.416 e. The standard InChI is InChI=1S/C26H23F3N2O3/c1-3-18-7-11-22(12-8-18)34-23-13-9-21(10-14-23)31-24(33)16-30(17(2)32)25(31)19-5-4-6-20(15-19)26(27,28)29/h4-15,25H,3,16H2,1-2H3. The number of ether oxygens (including phenoxy) is 1. The van der Waals surface area contributed by atoms with Crippen LogP contribution in [0, 0.1) is 0 Å². The second-order valence-corrected chi connectivity index (χ2v) is 8.00. The predicted octanol–water partition coefficient (Wildman–Crippen LogP) is 5.95. The van der Waals surface area contributed by atoms with Gasteiger partial charge in [0.1, 0.15) is 24.2 Å². The van der Waals surface area contributed by atoms with Gasteiger partial charge in [-0.15, -0.1) is 0 Å². The fraction of sp³-hybridized carbons (Fsp3) is 0.231. The molecule has 0 aromatic heterocycles. The predicted molar refractivity (Wildman–Crippen MR) is 121 cm³/mol. The van der Waals surface area contributed by atoms with Gasteiger partial charge in [0, 0.05) is 12.6 Å². The van der Waals surface area contributed by atoms with E-state index < -0.39 is 23.8 Å². The lowest BCUT2D eigenvalue weighted by Gasteiger charge is -2.30. The van der Waals surface area contributed by atoms with Crippen molar-refractivity contribution in [1.82, 2.24) is 4.90 Å². The molecule has 0 aliphatic carbocycles. The molecule has 4 rings (SSSR count). The molecule has 5 nitrogen and oxygen atoms in total. The van der Waals surface area contributed by atoms with Crippen LogP contribution in [0.4, 0.5) is 18.9 Å². The van der Waals surface area contributed by atoms with E-state index in [2.05, 4.69) is 6.92 Å². The van der Waals surface area contributed by atoms with E-state index in [4.69, 9.17) is 4.74 Å². The monoisotopic (exact) mass is 468 g/mol. The lowest BCUT2D eigenvalue weighted by atomic mass is 10.1. The summed E-state index contributed by atoms with van der Waals surface area (Å²) in [7, 11) is 0. The molecule has 0 saturated carbocycles.